The molecule has 0 unspecified atom stereocenters. The molecule has 0 spiro atoms. The van der Waals surface area contributed by atoms with Crippen molar-refractivity contribution in [3.8, 4) is 0 Å². The number of nitrogens with one attached hydrogen (secondary N) is 2. The highest BCUT2D eigenvalue weighted by atomic mass is 16.6. The quantitative estimate of drug-likeness (QED) is 0.637. The van der Waals surface area contributed by atoms with Crippen molar-refractivity contribution in [3.63, 3.8) is 0 Å². The fraction of sp³-hybridized carbons (Fsp3) is 0.0909. The normalized spacial score (nSPS) is 10.1. The molecule has 0 saturated heterocycles. The molecule has 1 heterocycles. The molecule has 0 fully saturated rings. The lowest BCUT2D eigenvalue weighted by Crippen LogP contribution is -2.11. The summed E-state index contributed by atoms with van der Waals surface area (Å²) in [4.78, 5) is 22.1. The van der Waals surface area contributed by atoms with E-state index in [2.05, 4.69) is 15.5 Å². The van der Waals surface area contributed by atoms with Gasteiger partial charge in [-0.2, -0.15) is 5.10 Å². The number of aromatic amines is 1. The highest BCUT2D eigenvalue weighted by Crippen LogP contribution is 2.19. The van der Waals surface area contributed by atoms with E-state index in [1.54, 1.807) is 13.0 Å². The van der Waals surface area contributed by atoms with Crippen molar-refractivity contribution < 1.29 is 9.72 Å². The number of hydrogen-bond donors (Lipinski definition) is 2. The van der Waals surface area contributed by atoms with Crippen LogP contribution in [0.2, 0.25) is 0 Å². The van der Waals surface area contributed by atoms with Crippen LogP contribution < -0.4 is 5.32 Å². The highest BCUT2D eigenvalue weighted by molar-refractivity contribution is 6.04. The van der Waals surface area contributed by atoms with E-state index in [4.69, 9.17) is 0 Å². The number of nitrogens with zero attached hydrogens (tertiary/aromatic N) is 2. The molecule has 0 saturated carbocycles. The minimum absolute atomic E-state index is 0.0742. The second-order valence-corrected chi connectivity index (χ2v) is 3.70. The first-order chi connectivity index (χ1) is 8.58. The number of benzene rings is 1. The van der Waals surface area contributed by atoms with E-state index in [9.17, 15) is 14.9 Å². The number of amides is 1. The standard InChI is InChI=1S/C11H10N4O3/c1-7-2-3-8(4-10(7)15(17)18)11(16)14-9-5-12-13-6-9/h2-6H,1H3,(H,12,13)(H,14,16). The SMILES string of the molecule is Cc1ccc(C(=O)Nc2cn[nH]c2)cc1[N+](=O)[O-]. The van der Waals surface area contributed by atoms with Gasteiger partial charge in [0.25, 0.3) is 11.6 Å². The number of aromatic nitrogens is 2. The third-order valence-corrected chi connectivity index (χ3v) is 2.42. The topological polar surface area (TPSA) is 101 Å². The van der Waals surface area contributed by atoms with Gasteiger partial charge in [0, 0.05) is 23.4 Å². The summed E-state index contributed by atoms with van der Waals surface area (Å²) in [6, 6.07) is 4.34. The minimum atomic E-state index is -0.510. The summed E-state index contributed by atoms with van der Waals surface area (Å²) in [7, 11) is 0. The number of nitro groups is 1. The Balaban J connectivity index is 2.26. The maximum absolute atomic E-state index is 11.8. The molecule has 2 N–H and O–H groups in total. The number of carbonyl (C=O) groups is 1. The van der Waals surface area contributed by atoms with Crippen LogP contribution in [-0.4, -0.2) is 21.0 Å². The van der Waals surface area contributed by atoms with Crippen molar-refractivity contribution in [2.45, 2.75) is 6.92 Å². The van der Waals surface area contributed by atoms with Crippen molar-refractivity contribution in [2.24, 2.45) is 0 Å². The van der Waals surface area contributed by atoms with Crippen molar-refractivity contribution in [1.82, 2.24) is 10.2 Å². The molecule has 92 valence electrons. The van der Waals surface area contributed by atoms with Crippen LogP contribution >= 0.6 is 0 Å². The van der Waals surface area contributed by atoms with Crippen molar-refractivity contribution in [3.05, 3.63) is 51.8 Å². The fourth-order valence-corrected chi connectivity index (χ4v) is 1.47. The summed E-state index contributed by atoms with van der Waals surface area (Å²) < 4.78 is 0. The Bertz CT molecular complexity index is 592. The van der Waals surface area contributed by atoms with Gasteiger partial charge in [-0.05, 0) is 13.0 Å². The van der Waals surface area contributed by atoms with Crippen LogP contribution in [0.3, 0.4) is 0 Å². The van der Waals surface area contributed by atoms with Gasteiger partial charge < -0.3 is 5.32 Å². The Morgan fingerprint density at radius 2 is 2.28 bits per heavy atom. The molecule has 1 aromatic carbocycles. The summed E-state index contributed by atoms with van der Waals surface area (Å²) in [5.74, 6) is -0.417. The van der Waals surface area contributed by atoms with Crippen LogP contribution in [0.4, 0.5) is 11.4 Å². The number of hydrogen-bond acceptors (Lipinski definition) is 4. The summed E-state index contributed by atoms with van der Waals surface area (Å²) in [6.45, 7) is 1.62. The zero-order valence-electron chi connectivity index (χ0n) is 9.51. The molecule has 18 heavy (non-hydrogen) atoms. The lowest BCUT2D eigenvalue weighted by atomic mass is 10.1. The molecule has 7 nitrogen and oxygen atoms in total. The molecule has 0 bridgehead atoms. The maximum atomic E-state index is 11.8. The molecule has 0 radical (unpaired) electrons. The van der Waals surface area contributed by atoms with Crippen LogP contribution in [0.15, 0.2) is 30.6 Å². The third-order valence-electron chi connectivity index (χ3n) is 2.42. The molecule has 0 aliphatic carbocycles. The Hall–Kier alpha value is -2.70. The highest BCUT2D eigenvalue weighted by Gasteiger charge is 2.15. The molecule has 0 aliphatic heterocycles. The average Bonchev–Trinajstić information content (AvgIpc) is 2.81. The van der Waals surface area contributed by atoms with Crippen LogP contribution in [0.25, 0.3) is 0 Å². The van der Waals surface area contributed by atoms with Gasteiger partial charge in [0.05, 0.1) is 16.8 Å². The third kappa shape index (κ3) is 2.34. The summed E-state index contributed by atoms with van der Waals surface area (Å²) in [5, 5.41) is 19.6. The number of carbonyl (C=O) groups excluding carboxylic acids is 1. The average molecular weight is 246 g/mol. The summed E-state index contributed by atoms with van der Waals surface area (Å²) in [6.07, 6.45) is 2.96. The number of anilines is 1. The van der Waals surface area contributed by atoms with E-state index in [0.717, 1.165) is 0 Å². The first-order valence-electron chi connectivity index (χ1n) is 5.13. The maximum Gasteiger partial charge on any atom is 0.273 e. The monoisotopic (exact) mass is 246 g/mol. The van der Waals surface area contributed by atoms with Gasteiger partial charge in [-0.25, -0.2) is 0 Å². The largest absolute Gasteiger partial charge is 0.319 e. The van der Waals surface area contributed by atoms with Gasteiger partial charge in [-0.1, -0.05) is 6.07 Å². The summed E-state index contributed by atoms with van der Waals surface area (Å²) >= 11 is 0. The predicted octanol–water partition coefficient (Wildman–Crippen LogP) is 1.88. The van der Waals surface area contributed by atoms with Crippen molar-refractivity contribution >= 4 is 17.3 Å². The number of rotatable bonds is 3. The zero-order chi connectivity index (χ0) is 13.1. The predicted molar refractivity (Wildman–Crippen MR) is 64.4 cm³/mol. The molecule has 1 aromatic heterocycles. The van der Waals surface area contributed by atoms with Gasteiger partial charge in [0.15, 0.2) is 0 Å². The van der Waals surface area contributed by atoms with Crippen LogP contribution in [-0.2, 0) is 0 Å². The van der Waals surface area contributed by atoms with Crippen LogP contribution in [0.5, 0.6) is 0 Å². The van der Waals surface area contributed by atoms with Crippen LogP contribution in [0, 0.1) is 17.0 Å². The minimum Gasteiger partial charge on any atom is -0.319 e. The molecular formula is C11H10N4O3. The number of aryl methyl sites for hydroxylation is 1. The smallest absolute Gasteiger partial charge is 0.273 e. The van der Waals surface area contributed by atoms with Crippen molar-refractivity contribution in [1.29, 1.82) is 0 Å². The van der Waals surface area contributed by atoms with Gasteiger partial charge in [-0.3, -0.25) is 20.0 Å². The molecule has 0 atom stereocenters. The molecular weight excluding hydrogens is 236 g/mol. The number of H-pyrrole nitrogens is 1. The van der Waals surface area contributed by atoms with Gasteiger partial charge in [-0.15, -0.1) is 0 Å². The molecule has 7 heteroatoms. The Kier molecular flexibility index (Phi) is 3.05. The van der Waals surface area contributed by atoms with E-state index >= 15 is 0 Å². The van der Waals surface area contributed by atoms with Gasteiger partial charge >= 0.3 is 0 Å². The van der Waals surface area contributed by atoms with Crippen molar-refractivity contribution in [2.75, 3.05) is 5.32 Å². The molecule has 2 rings (SSSR count). The first kappa shape index (κ1) is 11.8. The van der Waals surface area contributed by atoms with Crippen LogP contribution in [0.1, 0.15) is 15.9 Å². The fourth-order valence-electron chi connectivity index (χ4n) is 1.47. The molecule has 2 aromatic rings. The Morgan fingerprint density at radius 1 is 1.50 bits per heavy atom. The Morgan fingerprint density at radius 3 is 2.89 bits per heavy atom. The second kappa shape index (κ2) is 4.66. The van der Waals surface area contributed by atoms with E-state index in [1.807, 2.05) is 0 Å². The van der Waals surface area contributed by atoms with E-state index in [0.29, 0.717) is 11.3 Å². The first-order valence-corrected chi connectivity index (χ1v) is 5.13. The zero-order valence-corrected chi connectivity index (χ0v) is 9.51. The lowest BCUT2D eigenvalue weighted by Gasteiger charge is -2.03. The summed E-state index contributed by atoms with van der Waals surface area (Å²) in [5.41, 5.74) is 1.17. The number of nitro benzene ring substituents is 1. The lowest BCUT2D eigenvalue weighted by molar-refractivity contribution is -0.385. The van der Waals surface area contributed by atoms with E-state index in [-0.39, 0.29) is 11.3 Å². The van der Waals surface area contributed by atoms with Gasteiger partial charge in [0.2, 0.25) is 0 Å². The van der Waals surface area contributed by atoms with Gasteiger partial charge in [0.1, 0.15) is 0 Å². The molecule has 1 amide bonds. The van der Waals surface area contributed by atoms with E-state index in [1.165, 1.54) is 24.5 Å². The van der Waals surface area contributed by atoms with E-state index < -0.39 is 10.8 Å². The molecule has 0 aliphatic rings. The second-order valence-electron chi connectivity index (χ2n) is 3.70. The Labute approximate surface area is 102 Å².